The summed E-state index contributed by atoms with van der Waals surface area (Å²) in [7, 11) is 0. The number of hydrogen-bond donors (Lipinski definition) is 1. The number of ether oxygens (including phenoxy) is 1. The number of rotatable bonds is 7. The van der Waals surface area contributed by atoms with E-state index in [1.54, 1.807) is 13.8 Å². The van der Waals surface area contributed by atoms with Gasteiger partial charge in [0.25, 0.3) is 0 Å². The molecule has 1 rings (SSSR count). The van der Waals surface area contributed by atoms with Gasteiger partial charge in [-0.1, -0.05) is 30.3 Å². The first kappa shape index (κ1) is 15.9. The van der Waals surface area contributed by atoms with E-state index in [4.69, 9.17) is 4.74 Å². The molecule has 0 aliphatic heterocycles. The minimum atomic E-state index is -0.952. The van der Waals surface area contributed by atoms with Crippen LogP contribution in [0.4, 0.5) is 0 Å². The highest BCUT2D eigenvalue weighted by atomic mass is 16.5. The van der Waals surface area contributed by atoms with E-state index in [1.807, 2.05) is 44.2 Å². The smallest absolute Gasteiger partial charge is 0.138 e. The third-order valence-electron chi connectivity index (χ3n) is 2.73. The molecule has 0 spiro atoms. The fourth-order valence-electron chi connectivity index (χ4n) is 1.92. The Balaban J connectivity index is 2.45. The fraction of sp³-hybridized carbons (Fsp3) is 0.562. The zero-order chi connectivity index (χ0) is 14.5. The number of Topliss-reactive ketones (excluding diaryl/α,β-unsaturated/α-hetero) is 1. The molecule has 0 fully saturated rings. The molecule has 1 aromatic rings. The van der Waals surface area contributed by atoms with Crippen molar-refractivity contribution in [3.63, 3.8) is 0 Å². The zero-order valence-electron chi connectivity index (χ0n) is 12.3. The van der Waals surface area contributed by atoms with Gasteiger partial charge in [-0.2, -0.15) is 0 Å². The van der Waals surface area contributed by atoms with Gasteiger partial charge in [0.1, 0.15) is 5.78 Å². The Labute approximate surface area is 115 Å². The van der Waals surface area contributed by atoms with Crippen LogP contribution < -0.4 is 0 Å². The molecule has 19 heavy (non-hydrogen) atoms. The van der Waals surface area contributed by atoms with Gasteiger partial charge in [0.2, 0.25) is 0 Å². The molecule has 0 amide bonds. The van der Waals surface area contributed by atoms with Crippen molar-refractivity contribution in [1.82, 2.24) is 0 Å². The average Bonchev–Trinajstić information content (AvgIpc) is 2.24. The predicted molar refractivity (Wildman–Crippen MR) is 75.8 cm³/mol. The lowest BCUT2D eigenvalue weighted by molar-refractivity contribution is -0.129. The summed E-state index contributed by atoms with van der Waals surface area (Å²) in [6.07, 6.45) is 0.467. The number of carbonyl (C=O) groups excluding carboxylic acids is 1. The molecule has 0 unspecified atom stereocenters. The van der Waals surface area contributed by atoms with Crippen molar-refractivity contribution in [3.05, 3.63) is 35.9 Å². The lowest BCUT2D eigenvalue weighted by Crippen LogP contribution is -2.31. The SMILES string of the molecule is CC(C)(O)CC(=O)CC(C)(C)OCc1ccccc1. The minimum absolute atomic E-state index is 0.0190. The van der Waals surface area contributed by atoms with Crippen molar-refractivity contribution in [2.45, 2.75) is 58.3 Å². The van der Waals surface area contributed by atoms with E-state index < -0.39 is 11.2 Å². The van der Waals surface area contributed by atoms with Gasteiger partial charge in [0.05, 0.1) is 17.8 Å². The van der Waals surface area contributed by atoms with Gasteiger partial charge in [-0.15, -0.1) is 0 Å². The number of carbonyl (C=O) groups is 1. The van der Waals surface area contributed by atoms with Crippen molar-refractivity contribution in [2.75, 3.05) is 0 Å². The van der Waals surface area contributed by atoms with Crippen LogP contribution in [-0.4, -0.2) is 22.1 Å². The molecule has 0 atom stereocenters. The second-order valence-corrected chi connectivity index (χ2v) is 6.24. The van der Waals surface area contributed by atoms with Crippen LogP contribution in [0.1, 0.15) is 46.1 Å². The highest BCUT2D eigenvalue weighted by Crippen LogP contribution is 2.20. The molecule has 0 aliphatic carbocycles. The number of ketones is 1. The summed E-state index contributed by atoms with van der Waals surface area (Å²) in [4.78, 5) is 11.8. The van der Waals surface area contributed by atoms with E-state index in [-0.39, 0.29) is 12.2 Å². The van der Waals surface area contributed by atoms with Crippen molar-refractivity contribution < 1.29 is 14.6 Å². The van der Waals surface area contributed by atoms with Crippen molar-refractivity contribution >= 4 is 5.78 Å². The molecule has 0 aromatic heterocycles. The Morgan fingerprint density at radius 2 is 1.68 bits per heavy atom. The van der Waals surface area contributed by atoms with Crippen LogP contribution in [0.2, 0.25) is 0 Å². The van der Waals surface area contributed by atoms with Crippen LogP contribution in [0, 0.1) is 0 Å². The van der Waals surface area contributed by atoms with E-state index in [1.165, 1.54) is 0 Å². The van der Waals surface area contributed by atoms with E-state index in [9.17, 15) is 9.90 Å². The third kappa shape index (κ3) is 7.09. The lowest BCUT2D eigenvalue weighted by Gasteiger charge is -2.26. The standard InChI is InChI=1S/C16H24O3/c1-15(2,18)10-14(17)11-16(3,4)19-12-13-8-6-5-7-9-13/h5-9,18H,10-12H2,1-4H3. The largest absolute Gasteiger partial charge is 0.390 e. The number of aliphatic hydroxyl groups is 1. The molecule has 0 radical (unpaired) electrons. The maximum absolute atomic E-state index is 11.8. The first-order valence-electron chi connectivity index (χ1n) is 6.60. The van der Waals surface area contributed by atoms with Crippen LogP contribution in [0.15, 0.2) is 30.3 Å². The van der Waals surface area contributed by atoms with Crippen molar-refractivity contribution in [2.24, 2.45) is 0 Å². The predicted octanol–water partition coefficient (Wildman–Crippen LogP) is 3.10. The minimum Gasteiger partial charge on any atom is -0.390 e. The molecule has 0 aliphatic rings. The monoisotopic (exact) mass is 264 g/mol. The Morgan fingerprint density at radius 3 is 2.21 bits per heavy atom. The molecule has 1 aromatic carbocycles. The van der Waals surface area contributed by atoms with E-state index in [0.717, 1.165) is 5.56 Å². The average molecular weight is 264 g/mol. The van der Waals surface area contributed by atoms with Crippen LogP contribution in [-0.2, 0) is 16.1 Å². The summed E-state index contributed by atoms with van der Waals surface area (Å²) in [6.45, 7) is 7.57. The highest BCUT2D eigenvalue weighted by Gasteiger charge is 2.26. The van der Waals surface area contributed by atoms with Gasteiger partial charge in [-0.05, 0) is 33.3 Å². The van der Waals surface area contributed by atoms with Crippen molar-refractivity contribution in [1.29, 1.82) is 0 Å². The second kappa shape index (κ2) is 6.31. The van der Waals surface area contributed by atoms with Crippen molar-refractivity contribution in [3.8, 4) is 0 Å². The summed E-state index contributed by atoms with van der Waals surface area (Å²) in [5.41, 5.74) is -0.379. The molecular weight excluding hydrogens is 240 g/mol. The summed E-state index contributed by atoms with van der Waals surface area (Å²) in [5, 5.41) is 9.63. The summed E-state index contributed by atoms with van der Waals surface area (Å²) in [5.74, 6) is 0.0190. The van der Waals surface area contributed by atoms with Gasteiger partial charge in [0.15, 0.2) is 0 Å². The van der Waals surface area contributed by atoms with Crippen LogP contribution in [0.5, 0.6) is 0 Å². The van der Waals surface area contributed by atoms with Gasteiger partial charge in [0, 0.05) is 12.8 Å². The van der Waals surface area contributed by atoms with Gasteiger partial charge >= 0.3 is 0 Å². The van der Waals surface area contributed by atoms with Crippen LogP contribution in [0.25, 0.3) is 0 Å². The molecule has 3 nitrogen and oxygen atoms in total. The normalized spacial score (nSPS) is 12.5. The van der Waals surface area contributed by atoms with E-state index in [0.29, 0.717) is 13.0 Å². The Hall–Kier alpha value is -1.19. The second-order valence-electron chi connectivity index (χ2n) is 6.24. The fourth-order valence-corrected chi connectivity index (χ4v) is 1.92. The lowest BCUT2D eigenvalue weighted by atomic mass is 9.94. The molecule has 0 heterocycles. The highest BCUT2D eigenvalue weighted by molar-refractivity contribution is 5.80. The zero-order valence-corrected chi connectivity index (χ0v) is 12.3. The van der Waals surface area contributed by atoms with Crippen LogP contribution in [0.3, 0.4) is 0 Å². The molecule has 0 bridgehead atoms. The Kier molecular flexibility index (Phi) is 5.27. The Morgan fingerprint density at radius 1 is 1.11 bits per heavy atom. The van der Waals surface area contributed by atoms with E-state index >= 15 is 0 Å². The quantitative estimate of drug-likeness (QED) is 0.823. The number of benzene rings is 1. The molecule has 1 N–H and O–H groups in total. The molecule has 3 heteroatoms. The number of hydrogen-bond acceptors (Lipinski definition) is 3. The molecule has 0 saturated heterocycles. The molecule has 106 valence electrons. The first-order chi connectivity index (χ1) is 8.68. The van der Waals surface area contributed by atoms with E-state index in [2.05, 4.69) is 0 Å². The maximum atomic E-state index is 11.8. The third-order valence-corrected chi connectivity index (χ3v) is 2.73. The topological polar surface area (TPSA) is 46.5 Å². The first-order valence-corrected chi connectivity index (χ1v) is 6.60. The van der Waals surface area contributed by atoms with Gasteiger partial charge < -0.3 is 9.84 Å². The van der Waals surface area contributed by atoms with Gasteiger partial charge in [-0.3, -0.25) is 4.79 Å². The summed E-state index contributed by atoms with van der Waals surface area (Å²) >= 11 is 0. The summed E-state index contributed by atoms with van der Waals surface area (Å²) < 4.78 is 5.80. The molecule has 0 saturated carbocycles. The maximum Gasteiger partial charge on any atom is 0.138 e. The van der Waals surface area contributed by atoms with Gasteiger partial charge in [-0.25, -0.2) is 0 Å². The molecular formula is C16H24O3. The summed E-state index contributed by atoms with van der Waals surface area (Å²) in [6, 6.07) is 9.88. The Bertz CT molecular complexity index is 402. The van der Waals surface area contributed by atoms with Crippen LogP contribution >= 0.6 is 0 Å².